The minimum absolute atomic E-state index is 0.0666. The van der Waals surface area contributed by atoms with Crippen LogP contribution in [-0.2, 0) is 6.54 Å². The molecule has 65 heavy (non-hydrogen) atoms. The van der Waals surface area contributed by atoms with Crippen LogP contribution in [0.25, 0.3) is 127 Å². The highest BCUT2D eigenvalue weighted by Crippen LogP contribution is 2.46. The monoisotopic (exact) mass is 828 g/mol. The van der Waals surface area contributed by atoms with Gasteiger partial charge in [-0.25, -0.2) is 9.97 Å². The van der Waals surface area contributed by atoms with Gasteiger partial charge in [-0.1, -0.05) is 170 Å². The van der Waals surface area contributed by atoms with Crippen LogP contribution in [0.15, 0.2) is 211 Å². The quantitative estimate of drug-likeness (QED) is 0.174. The second-order valence-corrected chi connectivity index (χ2v) is 17.2. The molecule has 0 aliphatic carbocycles. The fraction of sp³-hybridized carbons (Fsp3) is 0.0167. The lowest BCUT2D eigenvalue weighted by molar-refractivity contribution is 0.831. The molecule has 0 radical (unpaired) electrons. The van der Waals surface area contributed by atoms with Gasteiger partial charge in [0, 0.05) is 32.8 Å². The molecule has 10 aromatic carbocycles. The van der Waals surface area contributed by atoms with Crippen molar-refractivity contribution in [1.82, 2.24) is 18.9 Å². The van der Waals surface area contributed by atoms with Crippen LogP contribution in [0, 0.1) is 0 Å². The molecule has 14 rings (SSSR count). The molecule has 0 unspecified atom stereocenters. The summed E-state index contributed by atoms with van der Waals surface area (Å²) in [7, 11) is 0. The van der Waals surface area contributed by atoms with Gasteiger partial charge in [0.1, 0.15) is 11.5 Å². The van der Waals surface area contributed by atoms with Gasteiger partial charge in [-0.15, -0.1) is 0 Å². The second kappa shape index (κ2) is 13.7. The number of hydrogen-bond acceptors (Lipinski definition) is 3. The van der Waals surface area contributed by atoms with E-state index in [0.29, 0.717) is 17.6 Å². The van der Waals surface area contributed by atoms with Gasteiger partial charge >= 0.3 is 0 Å². The molecule has 3 aromatic heterocycles. The van der Waals surface area contributed by atoms with Crippen molar-refractivity contribution in [3.8, 4) is 67.0 Å². The zero-order chi connectivity index (χ0) is 42.8. The molecule has 1 aliphatic rings. The fourth-order valence-corrected chi connectivity index (χ4v) is 10.8. The van der Waals surface area contributed by atoms with E-state index in [-0.39, 0.29) is 5.56 Å². The lowest BCUT2D eigenvalue weighted by Gasteiger charge is -2.22. The smallest absolute Gasteiger partial charge is 0.264 e. The van der Waals surface area contributed by atoms with Crippen LogP contribution in [0.1, 0.15) is 5.56 Å². The molecular formula is C60H36N4O. The molecule has 0 amide bonds. The molecule has 0 fully saturated rings. The van der Waals surface area contributed by atoms with Crippen LogP contribution in [0.2, 0.25) is 0 Å². The summed E-state index contributed by atoms with van der Waals surface area (Å²) in [6.45, 7) is 0.706. The topological polar surface area (TPSA) is 52.2 Å². The van der Waals surface area contributed by atoms with E-state index in [1.54, 1.807) is 0 Å². The third-order valence-electron chi connectivity index (χ3n) is 13.7. The van der Waals surface area contributed by atoms with Crippen LogP contribution in [0.4, 0.5) is 0 Å². The predicted molar refractivity (Wildman–Crippen MR) is 268 cm³/mol. The Morgan fingerprint density at radius 3 is 1.51 bits per heavy atom. The van der Waals surface area contributed by atoms with Crippen LogP contribution in [-0.4, -0.2) is 18.9 Å². The van der Waals surface area contributed by atoms with Crippen molar-refractivity contribution < 1.29 is 0 Å². The molecule has 5 heteroatoms. The maximum atomic E-state index is 15.0. The van der Waals surface area contributed by atoms with Crippen molar-refractivity contribution in [2.75, 3.05) is 0 Å². The summed E-state index contributed by atoms with van der Waals surface area (Å²) >= 11 is 0. The minimum atomic E-state index is -0.0666. The zero-order valence-corrected chi connectivity index (χ0v) is 35.0. The molecule has 5 nitrogen and oxygen atoms in total. The molecule has 0 atom stereocenters. The standard InChI is InChI=1S/C60H36N4O/c65-60-49-30-28-44(46-25-14-26-47(55(46)49)59-62-57-51(39-21-11-4-12-22-39)32-42(34-53(57)64(59)60)37-17-7-2-8-18-37)43-27-29-48-54-40(23-13-24-45(43)54)35-63-52-33-41(36-15-5-1-6-16-36)31-50(56(52)61-58(48)63)38-19-9-3-10-20-38/h1-34H,35H2. The minimum Gasteiger partial charge on any atom is -0.319 e. The largest absolute Gasteiger partial charge is 0.319 e. The van der Waals surface area contributed by atoms with Gasteiger partial charge in [-0.3, -0.25) is 9.20 Å². The Morgan fingerprint density at radius 2 is 0.877 bits per heavy atom. The lowest BCUT2D eigenvalue weighted by Crippen LogP contribution is -2.13. The fourth-order valence-electron chi connectivity index (χ4n) is 10.8. The normalized spacial score (nSPS) is 12.3. The van der Waals surface area contributed by atoms with Gasteiger partial charge in [0.25, 0.3) is 5.56 Å². The Kier molecular flexibility index (Phi) is 7.54. The van der Waals surface area contributed by atoms with E-state index in [2.05, 4.69) is 193 Å². The molecular weight excluding hydrogens is 793 g/mol. The Labute approximate surface area is 373 Å². The average Bonchev–Trinajstić information content (AvgIpc) is 3.95. The molecule has 4 heterocycles. The first-order valence-corrected chi connectivity index (χ1v) is 22.1. The van der Waals surface area contributed by atoms with Gasteiger partial charge in [0.15, 0.2) is 0 Å². The SMILES string of the molecule is O=c1c2ccc(-c3ccc4c5c(cccc35)Cn3c-4nc4c(-c5ccccc5)cc(-c5ccccc5)cc43)c3cccc(c32)c2nc3c(-c4ccccc4)cc(-c4ccccc4)cc3n12. The molecule has 302 valence electrons. The van der Waals surface area contributed by atoms with Gasteiger partial charge in [0.05, 0.1) is 28.6 Å². The van der Waals surface area contributed by atoms with Crippen LogP contribution >= 0.6 is 0 Å². The van der Waals surface area contributed by atoms with Crippen molar-refractivity contribution in [2.45, 2.75) is 6.54 Å². The second-order valence-electron chi connectivity index (χ2n) is 17.2. The molecule has 0 spiro atoms. The van der Waals surface area contributed by atoms with Crippen LogP contribution in [0.3, 0.4) is 0 Å². The number of benzene rings is 10. The van der Waals surface area contributed by atoms with Crippen molar-refractivity contribution >= 4 is 60.0 Å². The Bertz CT molecular complexity index is 4140. The lowest BCUT2D eigenvalue weighted by atomic mass is 9.87. The number of fused-ring (bicyclic) bond motifs is 8. The first-order chi connectivity index (χ1) is 32.2. The molecule has 0 N–H and O–H groups in total. The number of hydrogen-bond donors (Lipinski definition) is 0. The summed E-state index contributed by atoms with van der Waals surface area (Å²) in [4.78, 5) is 25.8. The molecule has 0 saturated heterocycles. The predicted octanol–water partition coefficient (Wildman–Crippen LogP) is 14.5. The summed E-state index contributed by atoms with van der Waals surface area (Å²) < 4.78 is 4.24. The van der Waals surface area contributed by atoms with Crippen molar-refractivity contribution in [3.05, 3.63) is 222 Å². The highest BCUT2D eigenvalue weighted by atomic mass is 16.1. The Balaban J connectivity index is 0.982. The number of imidazole rings is 2. The third-order valence-corrected chi connectivity index (χ3v) is 13.7. The van der Waals surface area contributed by atoms with E-state index >= 15 is 0 Å². The molecule has 0 bridgehead atoms. The van der Waals surface area contributed by atoms with Gasteiger partial charge in [0.2, 0.25) is 0 Å². The Morgan fingerprint density at radius 1 is 0.369 bits per heavy atom. The molecule has 13 aromatic rings. The van der Waals surface area contributed by atoms with E-state index in [9.17, 15) is 4.79 Å². The van der Waals surface area contributed by atoms with E-state index in [1.807, 2.05) is 22.6 Å². The van der Waals surface area contributed by atoms with Crippen LogP contribution in [0.5, 0.6) is 0 Å². The van der Waals surface area contributed by atoms with E-state index in [1.165, 1.54) is 27.5 Å². The number of aromatic nitrogens is 4. The summed E-state index contributed by atoms with van der Waals surface area (Å²) in [5, 5.41) is 5.99. The highest BCUT2D eigenvalue weighted by Gasteiger charge is 2.27. The zero-order valence-electron chi connectivity index (χ0n) is 35.0. The van der Waals surface area contributed by atoms with E-state index < -0.39 is 0 Å². The third kappa shape index (κ3) is 5.24. The summed E-state index contributed by atoms with van der Waals surface area (Å²) in [6.07, 6.45) is 0. The molecule has 1 aliphatic heterocycles. The van der Waals surface area contributed by atoms with Gasteiger partial charge in [-0.2, -0.15) is 0 Å². The number of rotatable bonds is 5. The van der Waals surface area contributed by atoms with E-state index in [4.69, 9.17) is 9.97 Å². The average molecular weight is 829 g/mol. The first-order valence-electron chi connectivity index (χ1n) is 22.1. The van der Waals surface area contributed by atoms with Gasteiger partial charge in [-0.05, 0) is 103 Å². The number of pyridine rings is 1. The number of nitrogens with zero attached hydrogens (tertiary/aromatic N) is 4. The van der Waals surface area contributed by atoms with Crippen molar-refractivity contribution in [2.24, 2.45) is 0 Å². The van der Waals surface area contributed by atoms with E-state index in [0.717, 1.165) is 94.1 Å². The van der Waals surface area contributed by atoms with Crippen LogP contribution < -0.4 is 5.56 Å². The summed E-state index contributed by atoms with van der Waals surface area (Å²) in [5.41, 5.74) is 17.7. The highest BCUT2D eigenvalue weighted by molar-refractivity contribution is 6.21. The molecule has 0 saturated carbocycles. The van der Waals surface area contributed by atoms with Crippen molar-refractivity contribution in [3.63, 3.8) is 0 Å². The summed E-state index contributed by atoms with van der Waals surface area (Å²) in [5.74, 6) is 0.976. The maximum absolute atomic E-state index is 15.0. The van der Waals surface area contributed by atoms with Crippen molar-refractivity contribution in [1.29, 1.82) is 0 Å². The Hall–Kier alpha value is -8.67. The maximum Gasteiger partial charge on any atom is 0.264 e. The van der Waals surface area contributed by atoms with Gasteiger partial charge < -0.3 is 4.57 Å². The summed E-state index contributed by atoms with van der Waals surface area (Å²) in [6, 6.07) is 72.7. The first kappa shape index (κ1) is 35.9.